The zero-order valence-corrected chi connectivity index (χ0v) is 12.8. The van der Waals surface area contributed by atoms with Crippen LogP contribution < -0.4 is 10.6 Å². The van der Waals surface area contributed by atoms with Gasteiger partial charge in [0.1, 0.15) is 7.57 Å². The maximum atomic E-state index is 2.36. The van der Waals surface area contributed by atoms with Gasteiger partial charge in [-0.1, -0.05) is 66.5 Å². The Balaban J connectivity index is 2.43. The van der Waals surface area contributed by atoms with Gasteiger partial charge in [0.2, 0.25) is 0 Å². The minimum Gasteiger partial charge on any atom is -0.0883 e. The monoisotopic (exact) mass is 254 g/mol. The topological polar surface area (TPSA) is 0 Å². The van der Waals surface area contributed by atoms with E-state index in [1.807, 2.05) is 0 Å². The molecule has 0 aliphatic heterocycles. The lowest BCUT2D eigenvalue weighted by molar-refractivity contribution is 1.40. The summed E-state index contributed by atoms with van der Waals surface area (Å²) >= 11 is 0. The molecule has 0 radical (unpaired) electrons. The van der Waals surface area contributed by atoms with Gasteiger partial charge >= 0.3 is 0 Å². The van der Waals surface area contributed by atoms with Crippen LogP contribution in [0.2, 0.25) is 0 Å². The molecule has 0 heterocycles. The first-order chi connectivity index (χ1) is 8.45. The average Bonchev–Trinajstić information content (AvgIpc) is 2.25. The van der Waals surface area contributed by atoms with Gasteiger partial charge in [0, 0.05) is 0 Å². The lowest BCUT2D eigenvalue weighted by Gasteiger charge is -2.16. The van der Waals surface area contributed by atoms with E-state index in [0.717, 1.165) is 0 Å². The molecule has 18 heavy (non-hydrogen) atoms. The summed E-state index contributed by atoms with van der Waals surface area (Å²) in [6, 6.07) is 13.8. The van der Waals surface area contributed by atoms with E-state index in [4.69, 9.17) is 0 Å². The van der Waals surface area contributed by atoms with Crippen LogP contribution in [-0.4, -0.2) is 7.57 Å². The Kier molecular flexibility index (Phi) is 3.92. The summed E-state index contributed by atoms with van der Waals surface area (Å²) in [6.07, 6.45) is 0. The molecule has 2 heteroatoms. The number of aryl methyl sites for hydroxylation is 4. The van der Waals surface area contributed by atoms with E-state index in [9.17, 15) is 0 Å². The first-order valence-corrected chi connectivity index (χ1v) is 8.15. The number of hydrogen-bond donors (Lipinski definition) is 0. The Hall–Kier alpha value is -1.07. The Bertz CT molecular complexity index is 483. The summed E-state index contributed by atoms with van der Waals surface area (Å²) < 4.78 is 0. The highest BCUT2D eigenvalue weighted by Crippen LogP contribution is 2.29. The maximum Gasteiger partial charge on any atom is 0.145 e. The molecule has 0 aromatic heterocycles. The van der Waals surface area contributed by atoms with Gasteiger partial charge in [0.15, 0.2) is 0 Å². The fourth-order valence-corrected chi connectivity index (χ4v) is 4.32. The quantitative estimate of drug-likeness (QED) is 0.571. The van der Waals surface area contributed by atoms with E-state index in [0.29, 0.717) is 0 Å². The van der Waals surface area contributed by atoms with Crippen molar-refractivity contribution in [1.29, 1.82) is 0 Å². The molecule has 0 aliphatic carbocycles. The highest BCUT2D eigenvalue weighted by atomic mass is 31.1. The Labute approximate surface area is 113 Å². The molecule has 0 aliphatic rings. The van der Waals surface area contributed by atoms with E-state index < -0.39 is 0 Å². The summed E-state index contributed by atoms with van der Waals surface area (Å²) in [4.78, 5) is 0. The highest BCUT2D eigenvalue weighted by molar-refractivity contribution is 7.94. The molecule has 0 saturated carbocycles. The van der Waals surface area contributed by atoms with Gasteiger partial charge in [-0.25, -0.2) is 0 Å². The van der Waals surface area contributed by atoms with Crippen LogP contribution in [0.1, 0.15) is 22.3 Å². The lowest BCUT2D eigenvalue weighted by atomic mass is 10.2. The molecule has 0 N–H and O–H groups in total. The predicted octanol–water partition coefficient (Wildman–Crippen LogP) is 2.90. The SMILES string of the molecule is BP(c1cc(C)cc(C)c1)c1cc(C)cc(C)c1. The van der Waals surface area contributed by atoms with E-state index in [2.05, 4.69) is 71.7 Å². The molecule has 0 bridgehead atoms. The minimum atomic E-state index is -0.236. The zero-order valence-electron chi connectivity index (χ0n) is 11.9. The molecular formula is C16H20BP. The van der Waals surface area contributed by atoms with Crippen molar-refractivity contribution in [3.05, 3.63) is 58.7 Å². The normalized spacial score (nSPS) is 10.9. The van der Waals surface area contributed by atoms with Crippen molar-refractivity contribution in [1.82, 2.24) is 0 Å². The maximum absolute atomic E-state index is 2.36. The van der Waals surface area contributed by atoms with Gasteiger partial charge in [0.25, 0.3) is 0 Å². The van der Waals surface area contributed by atoms with Crippen molar-refractivity contribution in [3.63, 3.8) is 0 Å². The molecule has 0 fully saturated rings. The van der Waals surface area contributed by atoms with E-state index in [1.165, 1.54) is 32.9 Å². The number of hydrogen-bond acceptors (Lipinski definition) is 0. The van der Waals surface area contributed by atoms with Gasteiger partial charge in [-0.2, -0.15) is 0 Å². The van der Waals surface area contributed by atoms with E-state index >= 15 is 0 Å². The molecular weight excluding hydrogens is 234 g/mol. The third-order valence-electron chi connectivity index (χ3n) is 3.19. The van der Waals surface area contributed by atoms with Gasteiger partial charge < -0.3 is 0 Å². The molecule has 2 rings (SSSR count). The summed E-state index contributed by atoms with van der Waals surface area (Å²) in [5.74, 6) is 0. The Morgan fingerprint density at radius 1 is 0.611 bits per heavy atom. The second-order valence-electron chi connectivity index (χ2n) is 5.25. The van der Waals surface area contributed by atoms with Crippen LogP contribution >= 0.6 is 7.80 Å². The number of rotatable bonds is 2. The Morgan fingerprint density at radius 2 is 0.889 bits per heavy atom. The van der Waals surface area contributed by atoms with Crippen molar-refractivity contribution in [2.24, 2.45) is 0 Å². The van der Waals surface area contributed by atoms with Crippen LogP contribution in [0.15, 0.2) is 36.4 Å². The van der Waals surface area contributed by atoms with Crippen LogP contribution in [0.3, 0.4) is 0 Å². The van der Waals surface area contributed by atoms with Crippen LogP contribution in [0, 0.1) is 27.7 Å². The second-order valence-corrected chi connectivity index (χ2v) is 7.40. The van der Waals surface area contributed by atoms with Crippen molar-refractivity contribution >= 4 is 26.0 Å². The molecule has 2 aromatic rings. The van der Waals surface area contributed by atoms with Gasteiger partial charge in [-0.3, -0.25) is 0 Å². The van der Waals surface area contributed by atoms with Crippen molar-refractivity contribution in [2.45, 2.75) is 27.7 Å². The molecule has 0 saturated heterocycles. The molecule has 0 unspecified atom stereocenters. The van der Waals surface area contributed by atoms with Crippen molar-refractivity contribution < 1.29 is 0 Å². The molecule has 2 aromatic carbocycles. The molecule has 0 nitrogen and oxygen atoms in total. The lowest BCUT2D eigenvalue weighted by Crippen LogP contribution is -2.13. The first kappa shape index (κ1) is 13.4. The summed E-state index contributed by atoms with van der Waals surface area (Å²) in [6.45, 7) is 8.73. The second kappa shape index (κ2) is 5.28. The molecule has 92 valence electrons. The van der Waals surface area contributed by atoms with Crippen LogP contribution in [0.5, 0.6) is 0 Å². The number of benzene rings is 2. The fourth-order valence-electron chi connectivity index (χ4n) is 2.44. The predicted molar refractivity (Wildman–Crippen MR) is 86.6 cm³/mol. The largest absolute Gasteiger partial charge is 0.145 e. The fraction of sp³-hybridized carbons (Fsp3) is 0.250. The third-order valence-corrected chi connectivity index (χ3v) is 5.25. The zero-order chi connectivity index (χ0) is 13.3. The van der Waals surface area contributed by atoms with E-state index in [1.54, 1.807) is 0 Å². The van der Waals surface area contributed by atoms with Gasteiger partial charge in [-0.15, -0.1) is 0 Å². The van der Waals surface area contributed by atoms with Crippen LogP contribution in [0.25, 0.3) is 0 Å². The Morgan fingerprint density at radius 3 is 1.17 bits per heavy atom. The van der Waals surface area contributed by atoms with Gasteiger partial charge in [0.05, 0.1) is 0 Å². The molecule has 0 amide bonds. The summed E-state index contributed by atoms with van der Waals surface area (Å²) in [5, 5.41) is 2.96. The van der Waals surface area contributed by atoms with Gasteiger partial charge in [-0.05, 0) is 38.3 Å². The summed E-state index contributed by atoms with van der Waals surface area (Å²) in [7, 11) is 2.12. The van der Waals surface area contributed by atoms with Crippen molar-refractivity contribution in [3.8, 4) is 0 Å². The highest BCUT2D eigenvalue weighted by Gasteiger charge is 2.09. The smallest absolute Gasteiger partial charge is 0.0883 e. The molecule has 0 spiro atoms. The molecule has 0 atom stereocenters. The van der Waals surface area contributed by atoms with Crippen LogP contribution in [0.4, 0.5) is 0 Å². The average molecular weight is 254 g/mol. The van der Waals surface area contributed by atoms with Crippen molar-refractivity contribution in [2.75, 3.05) is 0 Å². The van der Waals surface area contributed by atoms with E-state index in [-0.39, 0.29) is 7.80 Å². The standard InChI is InChI=1S/C16H20BP/c1-11-5-12(2)8-15(7-11)18(17)16-9-13(3)6-14(4)10-16/h5-10H,17H2,1-4H3. The summed E-state index contributed by atoms with van der Waals surface area (Å²) in [5.41, 5.74) is 5.46. The first-order valence-electron chi connectivity index (χ1n) is 6.36. The third kappa shape index (κ3) is 3.03. The minimum absolute atomic E-state index is 0.236. The van der Waals surface area contributed by atoms with Crippen LogP contribution in [-0.2, 0) is 0 Å².